The molecule has 5 rings (SSSR count). The van der Waals surface area contributed by atoms with Crippen molar-refractivity contribution in [2.45, 2.75) is 12.5 Å². The van der Waals surface area contributed by atoms with E-state index in [1.807, 2.05) is 41.6 Å². The fourth-order valence-corrected chi connectivity index (χ4v) is 3.92. The molecule has 2 atom stereocenters. The number of ether oxygens (including phenoxy) is 1. The maximum atomic E-state index is 5.86. The second-order valence-electron chi connectivity index (χ2n) is 7.08. The number of aromatic nitrogens is 5. The van der Waals surface area contributed by atoms with Crippen LogP contribution in [0.3, 0.4) is 0 Å². The fourth-order valence-electron chi connectivity index (χ4n) is 3.92. The van der Waals surface area contributed by atoms with Crippen LogP contribution < -0.4 is 0 Å². The Balaban J connectivity index is 1.45. The van der Waals surface area contributed by atoms with Crippen molar-refractivity contribution >= 4 is 0 Å². The SMILES string of the molecule is c1cc(-c2nccn2[C@@H]2COC[C@@H]2Cc2ccncc2)cc(-n2cccn2)c1. The molecule has 6 heteroatoms. The van der Waals surface area contributed by atoms with Crippen LogP contribution in [0.15, 0.2) is 79.6 Å². The highest BCUT2D eigenvalue weighted by atomic mass is 16.5. The van der Waals surface area contributed by atoms with Gasteiger partial charge in [-0.1, -0.05) is 12.1 Å². The Morgan fingerprint density at radius 3 is 2.75 bits per heavy atom. The van der Waals surface area contributed by atoms with Gasteiger partial charge in [0.1, 0.15) is 5.82 Å². The third kappa shape index (κ3) is 3.23. The van der Waals surface area contributed by atoms with Crippen molar-refractivity contribution in [3.05, 3.63) is 85.2 Å². The number of hydrogen-bond donors (Lipinski definition) is 0. The van der Waals surface area contributed by atoms with Crippen molar-refractivity contribution in [2.75, 3.05) is 13.2 Å². The Morgan fingerprint density at radius 2 is 1.89 bits per heavy atom. The first-order valence-corrected chi connectivity index (χ1v) is 9.48. The standard InChI is InChI=1S/C22H21N5O/c1-3-18(14-20(4-1)27-11-2-7-25-27)22-24-10-12-26(22)21-16-28-15-19(21)13-17-5-8-23-9-6-17/h1-12,14,19,21H,13,15-16H2/t19-,21+/m0/s1. The van der Waals surface area contributed by atoms with Crippen molar-refractivity contribution in [3.63, 3.8) is 0 Å². The molecule has 1 aliphatic rings. The molecule has 1 aromatic carbocycles. The Kier molecular flexibility index (Phi) is 4.47. The van der Waals surface area contributed by atoms with Crippen molar-refractivity contribution in [3.8, 4) is 17.1 Å². The first-order chi connectivity index (χ1) is 13.9. The highest BCUT2D eigenvalue weighted by molar-refractivity contribution is 5.59. The van der Waals surface area contributed by atoms with Gasteiger partial charge in [0.15, 0.2) is 0 Å². The quantitative estimate of drug-likeness (QED) is 0.538. The monoisotopic (exact) mass is 371 g/mol. The van der Waals surface area contributed by atoms with Crippen LogP contribution in [0.2, 0.25) is 0 Å². The van der Waals surface area contributed by atoms with Crippen molar-refractivity contribution in [2.24, 2.45) is 5.92 Å². The smallest absolute Gasteiger partial charge is 0.140 e. The first kappa shape index (κ1) is 16.9. The van der Waals surface area contributed by atoms with E-state index < -0.39 is 0 Å². The van der Waals surface area contributed by atoms with Gasteiger partial charge in [-0.3, -0.25) is 4.98 Å². The summed E-state index contributed by atoms with van der Waals surface area (Å²) in [5, 5.41) is 4.33. The molecule has 0 N–H and O–H groups in total. The van der Waals surface area contributed by atoms with Gasteiger partial charge in [-0.15, -0.1) is 0 Å². The minimum atomic E-state index is 0.263. The van der Waals surface area contributed by atoms with Crippen LogP contribution in [0.1, 0.15) is 11.6 Å². The molecular formula is C22H21N5O. The normalized spacial score (nSPS) is 19.1. The third-order valence-corrected chi connectivity index (χ3v) is 5.31. The lowest BCUT2D eigenvalue weighted by Gasteiger charge is -2.21. The minimum Gasteiger partial charge on any atom is -0.379 e. The molecule has 3 aromatic heterocycles. The van der Waals surface area contributed by atoms with Gasteiger partial charge in [0.05, 0.1) is 24.9 Å². The van der Waals surface area contributed by atoms with Gasteiger partial charge in [0.25, 0.3) is 0 Å². The first-order valence-electron chi connectivity index (χ1n) is 9.48. The van der Waals surface area contributed by atoms with Gasteiger partial charge in [-0.25, -0.2) is 9.67 Å². The molecular weight excluding hydrogens is 350 g/mol. The van der Waals surface area contributed by atoms with E-state index in [1.165, 1.54) is 5.56 Å². The molecule has 0 bridgehead atoms. The lowest BCUT2D eigenvalue weighted by atomic mass is 9.95. The highest BCUT2D eigenvalue weighted by Gasteiger charge is 2.31. The molecule has 0 spiro atoms. The molecule has 0 saturated carbocycles. The summed E-state index contributed by atoms with van der Waals surface area (Å²) < 4.78 is 9.99. The number of hydrogen-bond acceptors (Lipinski definition) is 4. The van der Waals surface area contributed by atoms with Crippen molar-refractivity contribution in [1.82, 2.24) is 24.3 Å². The zero-order valence-electron chi connectivity index (χ0n) is 15.4. The Labute approximate surface area is 163 Å². The number of pyridine rings is 1. The van der Waals surface area contributed by atoms with Crippen LogP contribution in [0.4, 0.5) is 0 Å². The van der Waals surface area contributed by atoms with Gasteiger partial charge in [-0.05, 0) is 42.3 Å². The van der Waals surface area contributed by atoms with Crippen LogP contribution in [0, 0.1) is 5.92 Å². The molecule has 4 aromatic rings. The van der Waals surface area contributed by atoms with Crippen molar-refractivity contribution in [1.29, 1.82) is 0 Å². The predicted molar refractivity (Wildman–Crippen MR) is 106 cm³/mol. The van der Waals surface area contributed by atoms with Gasteiger partial charge >= 0.3 is 0 Å². The van der Waals surface area contributed by atoms with Crippen LogP contribution in [0.25, 0.3) is 17.1 Å². The summed E-state index contributed by atoms with van der Waals surface area (Å²) in [4.78, 5) is 8.78. The molecule has 0 unspecified atom stereocenters. The van der Waals surface area contributed by atoms with Gasteiger partial charge in [-0.2, -0.15) is 5.10 Å². The van der Waals surface area contributed by atoms with Crippen molar-refractivity contribution < 1.29 is 4.74 Å². The van der Waals surface area contributed by atoms with E-state index in [1.54, 1.807) is 6.20 Å². The topological polar surface area (TPSA) is 57.8 Å². The summed E-state index contributed by atoms with van der Waals surface area (Å²) in [6.45, 7) is 1.47. The van der Waals surface area contributed by atoms with Crippen LogP contribution in [-0.2, 0) is 11.2 Å². The Morgan fingerprint density at radius 1 is 0.964 bits per heavy atom. The number of benzene rings is 1. The van der Waals surface area contributed by atoms with E-state index in [2.05, 4.69) is 56.2 Å². The lowest BCUT2D eigenvalue weighted by Crippen LogP contribution is -2.20. The molecule has 0 aliphatic carbocycles. The molecule has 6 nitrogen and oxygen atoms in total. The zero-order chi connectivity index (χ0) is 18.8. The Hall–Kier alpha value is -3.25. The Bertz CT molecular complexity index is 1040. The van der Waals surface area contributed by atoms with Gasteiger partial charge in [0.2, 0.25) is 0 Å². The molecule has 0 amide bonds. The summed E-state index contributed by atoms with van der Waals surface area (Å²) in [6.07, 6.45) is 12.3. The number of imidazole rings is 1. The predicted octanol–water partition coefficient (Wildman–Crippen LogP) is 3.56. The van der Waals surface area contributed by atoms with E-state index in [0.29, 0.717) is 12.5 Å². The summed E-state index contributed by atoms with van der Waals surface area (Å²) in [7, 11) is 0. The average Bonchev–Trinajstić information content (AvgIpc) is 3.50. The maximum Gasteiger partial charge on any atom is 0.140 e. The highest BCUT2D eigenvalue weighted by Crippen LogP contribution is 2.33. The molecule has 28 heavy (non-hydrogen) atoms. The second-order valence-corrected chi connectivity index (χ2v) is 7.08. The van der Waals surface area contributed by atoms with Crippen LogP contribution in [0.5, 0.6) is 0 Å². The summed E-state index contributed by atoms with van der Waals surface area (Å²) >= 11 is 0. The number of rotatable bonds is 5. The second kappa shape index (κ2) is 7.40. The molecule has 140 valence electrons. The fraction of sp³-hybridized carbons (Fsp3) is 0.227. The third-order valence-electron chi connectivity index (χ3n) is 5.31. The molecule has 1 fully saturated rings. The lowest BCUT2D eigenvalue weighted by molar-refractivity contribution is 0.181. The summed E-state index contributed by atoms with van der Waals surface area (Å²) in [5.74, 6) is 1.37. The molecule has 4 heterocycles. The van der Waals surface area contributed by atoms with E-state index >= 15 is 0 Å². The average molecular weight is 371 g/mol. The maximum absolute atomic E-state index is 5.86. The molecule has 1 saturated heterocycles. The van der Waals surface area contributed by atoms with E-state index in [-0.39, 0.29) is 6.04 Å². The number of nitrogens with zero attached hydrogens (tertiary/aromatic N) is 5. The zero-order valence-corrected chi connectivity index (χ0v) is 15.4. The van der Waals surface area contributed by atoms with Gasteiger partial charge < -0.3 is 9.30 Å². The van der Waals surface area contributed by atoms with E-state index in [0.717, 1.165) is 30.1 Å². The minimum absolute atomic E-state index is 0.263. The largest absolute Gasteiger partial charge is 0.379 e. The van der Waals surface area contributed by atoms with E-state index in [9.17, 15) is 0 Å². The summed E-state index contributed by atoms with van der Waals surface area (Å²) in [6, 6.07) is 14.7. The van der Waals surface area contributed by atoms with Crippen LogP contribution in [-0.4, -0.2) is 37.5 Å². The molecule has 1 aliphatic heterocycles. The summed E-state index contributed by atoms with van der Waals surface area (Å²) in [5.41, 5.74) is 3.39. The molecule has 0 radical (unpaired) electrons. The van der Waals surface area contributed by atoms with Crippen LogP contribution >= 0.6 is 0 Å². The van der Waals surface area contributed by atoms with E-state index in [4.69, 9.17) is 4.74 Å². The van der Waals surface area contributed by atoms with Gasteiger partial charge in [0, 0.05) is 48.7 Å².